The molecule has 3 aromatic rings. The molecule has 2 aliphatic carbocycles. The van der Waals surface area contributed by atoms with E-state index in [9.17, 15) is 22.8 Å². The van der Waals surface area contributed by atoms with Crippen LogP contribution in [0.2, 0.25) is 0 Å². The lowest BCUT2D eigenvalue weighted by Gasteiger charge is -2.15. The van der Waals surface area contributed by atoms with Crippen molar-refractivity contribution in [3.63, 3.8) is 0 Å². The second kappa shape index (κ2) is 11.2. The summed E-state index contributed by atoms with van der Waals surface area (Å²) in [4.78, 5) is 37.3. The number of nitrogens with one attached hydrogen (secondary N) is 2. The zero-order valence-electron chi connectivity index (χ0n) is 21.0. The fraction of sp³-hybridized carbons (Fsp3) is 0.423. The molecule has 0 unspecified atom stereocenters. The van der Waals surface area contributed by atoms with Crippen LogP contribution in [-0.4, -0.2) is 46.7 Å². The van der Waals surface area contributed by atoms with Crippen molar-refractivity contribution in [2.75, 3.05) is 25.1 Å². The van der Waals surface area contributed by atoms with Crippen LogP contribution in [0.4, 0.5) is 23.8 Å². The number of aromatic nitrogens is 3. The van der Waals surface area contributed by atoms with Gasteiger partial charge >= 0.3 is 18.2 Å². The molecule has 3 heterocycles. The van der Waals surface area contributed by atoms with E-state index < -0.39 is 23.9 Å². The van der Waals surface area contributed by atoms with E-state index in [-0.39, 0.29) is 27.8 Å². The average molecular weight is 562 g/mol. The predicted molar refractivity (Wildman–Crippen MR) is 137 cm³/mol. The minimum atomic E-state index is -4.63. The summed E-state index contributed by atoms with van der Waals surface area (Å²) in [5.41, 5.74) is 0.0973. The summed E-state index contributed by atoms with van der Waals surface area (Å²) in [7, 11) is 0. The number of carbonyl (C=O) groups excluding carboxylic acids is 2. The molecule has 0 radical (unpaired) electrons. The fourth-order valence-electron chi connectivity index (χ4n) is 3.68. The Bertz CT molecular complexity index is 1370. The summed E-state index contributed by atoms with van der Waals surface area (Å²) in [5, 5.41) is 6.11. The first-order valence-electron chi connectivity index (χ1n) is 12.6. The lowest BCUT2D eigenvalue weighted by molar-refractivity contribution is -0.140. The van der Waals surface area contributed by atoms with Gasteiger partial charge in [0.1, 0.15) is 10.8 Å². The third-order valence-corrected chi connectivity index (χ3v) is 7.06. The Morgan fingerprint density at radius 1 is 1.03 bits per heavy atom. The molecule has 0 spiro atoms. The monoisotopic (exact) mass is 561 g/mol. The van der Waals surface area contributed by atoms with Crippen LogP contribution < -0.4 is 15.4 Å². The van der Waals surface area contributed by atoms with Gasteiger partial charge in [0.2, 0.25) is 5.88 Å². The van der Waals surface area contributed by atoms with E-state index in [2.05, 4.69) is 25.6 Å². The number of carbonyl (C=O) groups is 2. The molecule has 9 nitrogen and oxygen atoms in total. The van der Waals surface area contributed by atoms with Gasteiger partial charge in [-0.15, -0.1) is 11.3 Å². The first kappa shape index (κ1) is 26.9. The van der Waals surface area contributed by atoms with Gasteiger partial charge in [0.05, 0.1) is 18.8 Å². The number of anilines is 1. The number of rotatable bonds is 10. The highest BCUT2D eigenvalue weighted by atomic mass is 32.1. The topological polar surface area (TPSA) is 115 Å². The van der Waals surface area contributed by atoms with Gasteiger partial charge in [-0.3, -0.25) is 5.32 Å². The normalized spacial score (nSPS) is 15.1. The minimum Gasteiger partial charge on any atom is -0.477 e. The Hall–Kier alpha value is -3.74. The Labute approximate surface area is 226 Å². The van der Waals surface area contributed by atoms with E-state index in [0.29, 0.717) is 42.7 Å². The van der Waals surface area contributed by atoms with Crippen LogP contribution in [0.1, 0.15) is 48.7 Å². The molecule has 5 rings (SSSR count). The summed E-state index contributed by atoms with van der Waals surface area (Å²) in [6.07, 6.45) is 2.24. The minimum absolute atomic E-state index is 0.0496. The van der Waals surface area contributed by atoms with Crippen molar-refractivity contribution in [3.8, 4) is 27.6 Å². The molecule has 0 aliphatic heterocycles. The number of urea groups is 1. The lowest BCUT2D eigenvalue weighted by atomic mass is 10.0. The standard InChI is InChI=1S/C26H26F3N5O4S/c1-2-30-25(36)34-21-8-18(23-33-20(13-39-23)26(27,28)29)19(10-31-21)17-7-16(24(35)38-12-15-5-6-15)9-32-22(17)37-11-14-3-4-14/h7-10,13-15H,2-6,11-12H2,1H3,(H2,30,31,34,36). The molecule has 0 saturated heterocycles. The largest absolute Gasteiger partial charge is 0.477 e. The van der Waals surface area contributed by atoms with Gasteiger partial charge < -0.3 is 14.8 Å². The summed E-state index contributed by atoms with van der Waals surface area (Å²) in [6, 6.07) is 2.46. The smallest absolute Gasteiger partial charge is 0.434 e. The molecule has 2 amide bonds. The molecule has 2 N–H and O–H groups in total. The second-order valence-electron chi connectivity index (χ2n) is 9.51. The Morgan fingerprint density at radius 2 is 1.77 bits per heavy atom. The number of hydrogen-bond acceptors (Lipinski definition) is 8. The maximum Gasteiger partial charge on any atom is 0.434 e. The summed E-state index contributed by atoms with van der Waals surface area (Å²) in [5.74, 6) is 0.535. The van der Waals surface area contributed by atoms with Gasteiger partial charge in [-0.2, -0.15) is 13.2 Å². The first-order chi connectivity index (χ1) is 18.7. The van der Waals surface area contributed by atoms with Crippen LogP contribution in [0.5, 0.6) is 5.88 Å². The number of pyridine rings is 2. The van der Waals surface area contributed by atoms with E-state index in [4.69, 9.17) is 9.47 Å². The fourth-order valence-corrected chi connectivity index (χ4v) is 4.54. The SMILES string of the molecule is CCNC(=O)Nc1cc(-c2nc(C(F)(F)F)cs2)c(-c2cc(C(=O)OCC3CC3)cnc2OCC2CC2)cn1. The van der Waals surface area contributed by atoms with Crippen molar-refractivity contribution in [1.29, 1.82) is 0 Å². The molecule has 2 saturated carbocycles. The van der Waals surface area contributed by atoms with Gasteiger partial charge in [0.25, 0.3) is 0 Å². The molecule has 13 heteroatoms. The number of alkyl halides is 3. The van der Waals surface area contributed by atoms with E-state index >= 15 is 0 Å². The van der Waals surface area contributed by atoms with Crippen LogP contribution >= 0.6 is 11.3 Å². The zero-order valence-corrected chi connectivity index (χ0v) is 21.8. The Kier molecular flexibility index (Phi) is 7.69. The molecule has 2 fully saturated rings. The summed E-state index contributed by atoms with van der Waals surface area (Å²) >= 11 is 0.799. The zero-order chi connectivity index (χ0) is 27.6. The third-order valence-electron chi connectivity index (χ3n) is 6.18. The number of esters is 1. The molecule has 206 valence electrons. The average Bonchev–Trinajstić information content (AvgIpc) is 3.84. The highest BCUT2D eigenvalue weighted by molar-refractivity contribution is 7.13. The van der Waals surface area contributed by atoms with Crippen molar-refractivity contribution < 1.29 is 32.2 Å². The molecule has 2 aliphatic rings. The Morgan fingerprint density at radius 3 is 2.44 bits per heavy atom. The molecular weight excluding hydrogens is 535 g/mol. The number of hydrogen-bond donors (Lipinski definition) is 2. The highest BCUT2D eigenvalue weighted by Gasteiger charge is 2.34. The van der Waals surface area contributed by atoms with Crippen molar-refractivity contribution in [1.82, 2.24) is 20.3 Å². The second-order valence-corrected chi connectivity index (χ2v) is 10.4. The maximum absolute atomic E-state index is 13.4. The van der Waals surface area contributed by atoms with Crippen molar-refractivity contribution >= 4 is 29.2 Å². The number of amides is 2. The molecule has 39 heavy (non-hydrogen) atoms. The Balaban J connectivity index is 1.57. The van der Waals surface area contributed by atoms with Gasteiger partial charge in [0, 0.05) is 41.0 Å². The van der Waals surface area contributed by atoms with E-state index in [1.54, 1.807) is 13.0 Å². The van der Waals surface area contributed by atoms with Crippen LogP contribution in [0.15, 0.2) is 29.9 Å². The molecular formula is C26H26F3N5O4S. The lowest BCUT2D eigenvalue weighted by Crippen LogP contribution is -2.28. The van der Waals surface area contributed by atoms with Crippen LogP contribution in [0.3, 0.4) is 0 Å². The quantitative estimate of drug-likeness (QED) is 0.302. The van der Waals surface area contributed by atoms with Gasteiger partial charge in [-0.1, -0.05) is 0 Å². The number of thiazole rings is 1. The number of halogens is 3. The van der Waals surface area contributed by atoms with Gasteiger partial charge in [0.15, 0.2) is 5.69 Å². The van der Waals surface area contributed by atoms with E-state index in [0.717, 1.165) is 42.4 Å². The summed E-state index contributed by atoms with van der Waals surface area (Å²) in [6.45, 7) is 2.85. The number of ether oxygens (including phenoxy) is 2. The van der Waals surface area contributed by atoms with Crippen LogP contribution in [0, 0.1) is 11.8 Å². The highest BCUT2D eigenvalue weighted by Crippen LogP contribution is 2.41. The van der Waals surface area contributed by atoms with Crippen LogP contribution in [0.25, 0.3) is 21.7 Å². The van der Waals surface area contributed by atoms with E-state index in [1.165, 1.54) is 18.5 Å². The molecule has 0 atom stereocenters. The predicted octanol–water partition coefficient (Wildman–Crippen LogP) is 5.78. The van der Waals surface area contributed by atoms with Gasteiger partial charge in [-0.25, -0.2) is 24.5 Å². The maximum atomic E-state index is 13.4. The molecule has 0 bridgehead atoms. The number of nitrogens with zero attached hydrogens (tertiary/aromatic N) is 3. The summed E-state index contributed by atoms with van der Waals surface area (Å²) < 4.78 is 51.5. The van der Waals surface area contributed by atoms with Crippen molar-refractivity contribution in [2.45, 2.75) is 38.8 Å². The third kappa shape index (κ3) is 6.83. The molecule has 0 aromatic carbocycles. The molecule has 3 aromatic heterocycles. The van der Waals surface area contributed by atoms with Crippen molar-refractivity contribution in [2.24, 2.45) is 11.8 Å². The van der Waals surface area contributed by atoms with Gasteiger partial charge in [-0.05, 0) is 56.6 Å². The van der Waals surface area contributed by atoms with Crippen molar-refractivity contribution in [3.05, 3.63) is 41.2 Å². The first-order valence-corrected chi connectivity index (χ1v) is 13.5. The van der Waals surface area contributed by atoms with E-state index in [1.807, 2.05) is 0 Å². The van der Waals surface area contributed by atoms with Crippen LogP contribution in [-0.2, 0) is 10.9 Å².